The van der Waals surface area contributed by atoms with E-state index < -0.39 is 11.7 Å². The lowest BCUT2D eigenvalue weighted by molar-refractivity contribution is -0.117. The van der Waals surface area contributed by atoms with Crippen LogP contribution < -0.4 is 10.6 Å². The molecule has 0 saturated heterocycles. The van der Waals surface area contributed by atoms with Crippen LogP contribution in [0.3, 0.4) is 0 Å². The molecule has 0 radical (unpaired) electrons. The van der Waals surface area contributed by atoms with Crippen molar-refractivity contribution >= 4 is 51.6 Å². The molecule has 0 saturated carbocycles. The first kappa shape index (κ1) is 18.5. The van der Waals surface area contributed by atoms with E-state index in [0.29, 0.717) is 17.1 Å². The first-order valence-corrected chi connectivity index (χ1v) is 8.78. The predicted octanol–water partition coefficient (Wildman–Crippen LogP) is 4.26. The summed E-state index contributed by atoms with van der Waals surface area (Å²) in [7, 11) is 0. The molecule has 0 bridgehead atoms. The third-order valence-corrected chi connectivity index (χ3v) is 4.22. The lowest BCUT2D eigenvalue weighted by Gasteiger charge is -2.09. The van der Waals surface area contributed by atoms with Crippen molar-refractivity contribution in [1.29, 1.82) is 0 Å². The summed E-state index contributed by atoms with van der Waals surface area (Å²) in [5, 5.41) is 5.95. The number of ketones is 1. The smallest absolute Gasteiger partial charge is 0.256 e. The Labute approximate surface area is 159 Å². The van der Waals surface area contributed by atoms with Crippen LogP contribution in [0.2, 0.25) is 5.02 Å². The van der Waals surface area contributed by atoms with Crippen LogP contribution in [0.5, 0.6) is 0 Å². The summed E-state index contributed by atoms with van der Waals surface area (Å²) in [6, 6.07) is 14.3. The summed E-state index contributed by atoms with van der Waals surface area (Å²) >= 11 is 8.28. The second-order valence-electron chi connectivity index (χ2n) is 4.88. The van der Waals surface area contributed by atoms with Gasteiger partial charge >= 0.3 is 0 Å². The molecular formula is C18H16ClIN2O2. The van der Waals surface area contributed by atoms with E-state index in [1.54, 1.807) is 31.2 Å². The Morgan fingerprint density at radius 3 is 2.42 bits per heavy atom. The first-order chi connectivity index (χ1) is 11.5. The minimum atomic E-state index is -0.444. The number of anilines is 1. The summed E-state index contributed by atoms with van der Waals surface area (Å²) in [6.45, 7) is 2.22. The number of benzene rings is 2. The molecule has 4 nitrogen and oxygen atoms in total. The fourth-order valence-electron chi connectivity index (χ4n) is 1.98. The molecule has 0 atom stereocenters. The molecule has 0 aliphatic rings. The van der Waals surface area contributed by atoms with Gasteiger partial charge in [-0.2, -0.15) is 0 Å². The third kappa shape index (κ3) is 4.82. The van der Waals surface area contributed by atoms with Crippen LogP contribution in [-0.4, -0.2) is 18.2 Å². The van der Waals surface area contributed by atoms with Gasteiger partial charge in [-0.05, 0) is 65.9 Å². The number of carbonyl (C=O) groups excluding carboxylic acids is 2. The molecule has 0 spiro atoms. The van der Waals surface area contributed by atoms with Crippen molar-refractivity contribution in [3.8, 4) is 0 Å². The minimum Gasteiger partial charge on any atom is -0.361 e. The highest BCUT2D eigenvalue weighted by atomic mass is 127. The van der Waals surface area contributed by atoms with Crippen LogP contribution in [0, 0.1) is 3.57 Å². The lowest BCUT2D eigenvalue weighted by atomic mass is 10.0. The Morgan fingerprint density at radius 2 is 1.79 bits per heavy atom. The number of carbonyl (C=O) groups is 2. The van der Waals surface area contributed by atoms with Gasteiger partial charge in [-0.25, -0.2) is 0 Å². The first-order valence-electron chi connectivity index (χ1n) is 7.32. The van der Waals surface area contributed by atoms with Gasteiger partial charge in [-0.3, -0.25) is 9.59 Å². The average molecular weight is 455 g/mol. The summed E-state index contributed by atoms with van der Waals surface area (Å²) in [6.07, 6.45) is 1.42. The molecule has 0 heterocycles. The fraction of sp³-hybridized carbons (Fsp3) is 0.111. The number of nitrogens with one attached hydrogen (secondary N) is 2. The molecule has 2 aromatic rings. The molecule has 2 rings (SSSR count). The topological polar surface area (TPSA) is 58.2 Å². The third-order valence-electron chi connectivity index (χ3n) is 3.17. The lowest BCUT2D eigenvalue weighted by Crippen LogP contribution is -2.29. The molecular weight excluding hydrogens is 439 g/mol. The standard InChI is InChI=1S/C18H16ClIN2O2/c1-2-21-18(24)15(11-22-13-9-7-12(20)8-10-13)17(23)14-5-3-4-6-16(14)19/h3-11,22H,2H2,1H3,(H,21,24). The van der Waals surface area contributed by atoms with Crippen molar-refractivity contribution < 1.29 is 9.59 Å². The van der Waals surface area contributed by atoms with E-state index in [4.69, 9.17) is 11.6 Å². The monoisotopic (exact) mass is 454 g/mol. The van der Waals surface area contributed by atoms with Crippen molar-refractivity contribution in [2.75, 3.05) is 11.9 Å². The highest BCUT2D eigenvalue weighted by molar-refractivity contribution is 14.1. The molecule has 24 heavy (non-hydrogen) atoms. The Hall–Kier alpha value is -1.86. The molecule has 2 aromatic carbocycles. The van der Waals surface area contributed by atoms with E-state index in [2.05, 4.69) is 33.2 Å². The zero-order valence-corrected chi connectivity index (χ0v) is 15.9. The minimum absolute atomic E-state index is 0.00324. The van der Waals surface area contributed by atoms with Gasteiger partial charge in [0, 0.05) is 27.6 Å². The Bertz CT molecular complexity index is 773. The van der Waals surface area contributed by atoms with Crippen molar-refractivity contribution in [2.45, 2.75) is 6.92 Å². The van der Waals surface area contributed by atoms with Crippen LogP contribution >= 0.6 is 34.2 Å². The second kappa shape index (κ2) is 8.84. The van der Waals surface area contributed by atoms with Crippen LogP contribution in [-0.2, 0) is 4.79 Å². The molecule has 0 aliphatic carbocycles. The second-order valence-corrected chi connectivity index (χ2v) is 6.53. The van der Waals surface area contributed by atoms with Gasteiger partial charge in [0.1, 0.15) is 5.57 Å². The van der Waals surface area contributed by atoms with Crippen LogP contribution in [0.1, 0.15) is 17.3 Å². The summed E-state index contributed by atoms with van der Waals surface area (Å²) < 4.78 is 1.10. The highest BCUT2D eigenvalue weighted by Gasteiger charge is 2.21. The van der Waals surface area contributed by atoms with Crippen molar-refractivity contribution in [1.82, 2.24) is 5.32 Å². The predicted molar refractivity (Wildman–Crippen MR) is 105 cm³/mol. The number of likely N-dealkylation sites (N-methyl/N-ethyl adjacent to an activating group) is 1. The normalized spacial score (nSPS) is 11.0. The maximum absolute atomic E-state index is 12.7. The average Bonchev–Trinajstić information content (AvgIpc) is 2.57. The molecule has 0 aromatic heterocycles. The molecule has 124 valence electrons. The summed E-state index contributed by atoms with van der Waals surface area (Å²) in [4.78, 5) is 25.0. The van der Waals surface area contributed by atoms with E-state index in [1.807, 2.05) is 24.3 Å². The quantitative estimate of drug-likeness (QED) is 0.225. The van der Waals surface area contributed by atoms with Gasteiger partial charge < -0.3 is 10.6 Å². The zero-order valence-electron chi connectivity index (χ0n) is 13.0. The Balaban J connectivity index is 2.32. The van der Waals surface area contributed by atoms with E-state index >= 15 is 0 Å². The molecule has 1 amide bonds. The number of rotatable bonds is 6. The number of amides is 1. The number of Topliss-reactive ketones (excluding diaryl/α,β-unsaturated/α-hetero) is 1. The molecule has 6 heteroatoms. The number of halogens is 2. The maximum atomic E-state index is 12.7. The van der Waals surface area contributed by atoms with Crippen molar-refractivity contribution in [3.05, 3.63) is 74.5 Å². The molecule has 0 aliphatic heterocycles. The van der Waals surface area contributed by atoms with Crippen LogP contribution in [0.4, 0.5) is 5.69 Å². The van der Waals surface area contributed by atoms with Gasteiger partial charge in [0.25, 0.3) is 5.91 Å². The van der Waals surface area contributed by atoms with Crippen molar-refractivity contribution in [3.63, 3.8) is 0 Å². The Morgan fingerprint density at radius 1 is 1.12 bits per heavy atom. The number of hydrogen-bond acceptors (Lipinski definition) is 3. The number of hydrogen-bond donors (Lipinski definition) is 2. The maximum Gasteiger partial charge on any atom is 0.256 e. The van der Waals surface area contributed by atoms with E-state index in [-0.39, 0.29) is 5.57 Å². The zero-order chi connectivity index (χ0) is 17.5. The Kier molecular flexibility index (Phi) is 6.81. The van der Waals surface area contributed by atoms with Gasteiger partial charge in [-0.15, -0.1) is 0 Å². The van der Waals surface area contributed by atoms with Gasteiger partial charge in [0.05, 0.1) is 5.02 Å². The van der Waals surface area contributed by atoms with Gasteiger partial charge in [0.15, 0.2) is 0 Å². The van der Waals surface area contributed by atoms with E-state index in [9.17, 15) is 9.59 Å². The molecule has 2 N–H and O–H groups in total. The SMILES string of the molecule is CCNC(=O)C(=CNc1ccc(I)cc1)C(=O)c1ccccc1Cl. The van der Waals surface area contributed by atoms with Crippen LogP contribution in [0.25, 0.3) is 0 Å². The largest absolute Gasteiger partial charge is 0.361 e. The summed E-state index contributed by atoms with van der Waals surface area (Å²) in [5.41, 5.74) is 1.08. The highest BCUT2D eigenvalue weighted by Crippen LogP contribution is 2.19. The van der Waals surface area contributed by atoms with Crippen molar-refractivity contribution in [2.24, 2.45) is 0 Å². The molecule has 0 fully saturated rings. The van der Waals surface area contributed by atoms with Crippen LogP contribution in [0.15, 0.2) is 60.3 Å². The fourth-order valence-corrected chi connectivity index (χ4v) is 2.56. The summed E-state index contributed by atoms with van der Waals surface area (Å²) in [5.74, 6) is -0.870. The van der Waals surface area contributed by atoms with E-state index in [1.165, 1.54) is 6.20 Å². The van der Waals surface area contributed by atoms with Gasteiger partial charge in [0.2, 0.25) is 5.78 Å². The van der Waals surface area contributed by atoms with Gasteiger partial charge in [-0.1, -0.05) is 23.7 Å². The molecule has 0 unspecified atom stereocenters. The van der Waals surface area contributed by atoms with E-state index in [0.717, 1.165) is 9.26 Å².